The van der Waals surface area contributed by atoms with E-state index in [0.717, 1.165) is 25.7 Å². The third-order valence-corrected chi connectivity index (χ3v) is 4.48. The average Bonchev–Trinajstić information content (AvgIpc) is 3.12. The van der Waals surface area contributed by atoms with Crippen molar-refractivity contribution in [3.8, 4) is 0 Å². The Morgan fingerprint density at radius 3 is 2.52 bits per heavy atom. The fourth-order valence-electron chi connectivity index (χ4n) is 3.34. The zero-order valence-corrected chi connectivity index (χ0v) is 12.4. The number of aliphatic carboxylic acids is 1. The maximum atomic E-state index is 12.7. The van der Waals surface area contributed by atoms with Crippen molar-refractivity contribution in [1.82, 2.24) is 9.80 Å². The molecule has 21 heavy (non-hydrogen) atoms. The molecule has 7 heteroatoms. The van der Waals surface area contributed by atoms with Gasteiger partial charge in [-0.3, -0.25) is 0 Å². The first-order valence-electron chi connectivity index (χ1n) is 7.52. The van der Waals surface area contributed by atoms with E-state index in [2.05, 4.69) is 0 Å². The van der Waals surface area contributed by atoms with Gasteiger partial charge in [-0.2, -0.15) is 0 Å². The Hall–Kier alpha value is -1.34. The molecule has 1 saturated carbocycles. The van der Waals surface area contributed by atoms with Crippen LogP contribution >= 0.6 is 0 Å². The fourth-order valence-corrected chi connectivity index (χ4v) is 3.34. The molecule has 2 rings (SSSR count). The molecule has 2 atom stereocenters. The molecule has 2 amide bonds. The molecule has 2 unspecified atom stereocenters. The number of likely N-dealkylation sites (tertiary alicyclic amines) is 1. The van der Waals surface area contributed by atoms with E-state index >= 15 is 0 Å². The lowest BCUT2D eigenvalue weighted by atomic mass is 10.2. The Bertz CT molecular complexity index is 384. The van der Waals surface area contributed by atoms with Crippen LogP contribution in [0.3, 0.4) is 0 Å². The van der Waals surface area contributed by atoms with Crippen molar-refractivity contribution in [2.75, 3.05) is 26.8 Å². The van der Waals surface area contributed by atoms with Crippen LogP contribution in [0, 0.1) is 0 Å². The molecular weight excluding hydrogens is 276 g/mol. The number of urea groups is 1. The van der Waals surface area contributed by atoms with Crippen molar-refractivity contribution >= 4 is 12.0 Å². The van der Waals surface area contributed by atoms with E-state index in [1.807, 2.05) is 0 Å². The minimum Gasteiger partial charge on any atom is -0.480 e. The van der Waals surface area contributed by atoms with Crippen molar-refractivity contribution in [1.29, 1.82) is 0 Å². The quantitative estimate of drug-likeness (QED) is 0.772. The number of aliphatic hydroxyl groups is 1. The standard InChI is InChI=1S/C14H24N2O5/c1-21-11-8-12(13(18)19)16(9-11)14(20)15(6-7-17)10-4-2-3-5-10/h10-12,17H,2-9H2,1H3,(H,18,19). The molecule has 7 nitrogen and oxygen atoms in total. The van der Waals surface area contributed by atoms with E-state index < -0.39 is 12.0 Å². The van der Waals surface area contributed by atoms with Crippen LogP contribution in [0.4, 0.5) is 4.79 Å². The number of carboxylic acid groups (broad SMARTS) is 1. The molecule has 0 bridgehead atoms. The Balaban J connectivity index is 2.12. The number of rotatable bonds is 5. The van der Waals surface area contributed by atoms with Crippen LogP contribution in [0.1, 0.15) is 32.1 Å². The minimum absolute atomic E-state index is 0.110. The highest BCUT2D eigenvalue weighted by Gasteiger charge is 2.42. The zero-order valence-electron chi connectivity index (χ0n) is 12.4. The monoisotopic (exact) mass is 300 g/mol. The van der Waals surface area contributed by atoms with Crippen molar-refractivity contribution in [2.24, 2.45) is 0 Å². The molecule has 120 valence electrons. The number of methoxy groups -OCH3 is 1. The van der Waals surface area contributed by atoms with Gasteiger partial charge in [0.2, 0.25) is 0 Å². The predicted octanol–water partition coefficient (Wildman–Crippen LogP) is 0.517. The lowest BCUT2D eigenvalue weighted by Crippen LogP contribution is -2.52. The molecule has 2 N–H and O–H groups in total. The lowest BCUT2D eigenvalue weighted by molar-refractivity contribution is -0.141. The van der Waals surface area contributed by atoms with Gasteiger partial charge in [0.05, 0.1) is 12.7 Å². The first-order valence-corrected chi connectivity index (χ1v) is 7.52. The van der Waals surface area contributed by atoms with E-state index in [-0.39, 0.29) is 31.3 Å². The van der Waals surface area contributed by atoms with Gasteiger partial charge in [0.15, 0.2) is 0 Å². The molecule has 0 aromatic rings. The molecule has 0 radical (unpaired) electrons. The van der Waals surface area contributed by atoms with Gasteiger partial charge in [0.1, 0.15) is 6.04 Å². The lowest BCUT2D eigenvalue weighted by Gasteiger charge is -2.34. The van der Waals surface area contributed by atoms with Crippen LogP contribution in [-0.2, 0) is 9.53 Å². The summed E-state index contributed by atoms with van der Waals surface area (Å²) in [6.45, 7) is 0.437. The second-order valence-electron chi connectivity index (χ2n) is 5.74. The average molecular weight is 300 g/mol. The number of carboxylic acids is 1. The molecule has 1 aliphatic heterocycles. The smallest absolute Gasteiger partial charge is 0.326 e. The Kier molecular flexibility index (Phi) is 5.41. The summed E-state index contributed by atoms with van der Waals surface area (Å²) in [7, 11) is 1.53. The summed E-state index contributed by atoms with van der Waals surface area (Å²) in [5.41, 5.74) is 0. The molecule has 0 aromatic carbocycles. The highest BCUT2D eigenvalue weighted by atomic mass is 16.5. The second-order valence-corrected chi connectivity index (χ2v) is 5.74. The number of nitrogens with zero attached hydrogens (tertiary/aromatic N) is 2. The molecule has 1 heterocycles. The number of ether oxygens (including phenoxy) is 1. The van der Waals surface area contributed by atoms with Crippen LogP contribution in [0.5, 0.6) is 0 Å². The van der Waals surface area contributed by atoms with Crippen LogP contribution < -0.4 is 0 Å². The molecule has 0 spiro atoms. The van der Waals surface area contributed by atoms with Gasteiger partial charge in [-0.1, -0.05) is 12.8 Å². The number of carbonyl (C=O) groups is 2. The van der Waals surface area contributed by atoms with Crippen LogP contribution in [0.25, 0.3) is 0 Å². The van der Waals surface area contributed by atoms with Gasteiger partial charge in [-0.15, -0.1) is 0 Å². The van der Waals surface area contributed by atoms with Gasteiger partial charge in [-0.05, 0) is 12.8 Å². The van der Waals surface area contributed by atoms with Crippen LogP contribution in [-0.4, -0.2) is 77.0 Å². The predicted molar refractivity (Wildman–Crippen MR) is 75.0 cm³/mol. The number of hydrogen-bond donors (Lipinski definition) is 2. The van der Waals surface area contributed by atoms with Crippen molar-refractivity contribution < 1.29 is 24.5 Å². The summed E-state index contributed by atoms with van der Waals surface area (Å²) in [5, 5.41) is 18.5. The third kappa shape index (κ3) is 3.47. The molecule has 0 aromatic heterocycles. The summed E-state index contributed by atoms with van der Waals surface area (Å²) in [6.07, 6.45) is 4.06. The number of aliphatic hydroxyl groups excluding tert-OH is 1. The van der Waals surface area contributed by atoms with Crippen LogP contribution in [0.15, 0.2) is 0 Å². The fraction of sp³-hybridized carbons (Fsp3) is 0.857. The van der Waals surface area contributed by atoms with E-state index in [9.17, 15) is 19.8 Å². The van der Waals surface area contributed by atoms with Gasteiger partial charge in [0, 0.05) is 32.7 Å². The highest BCUT2D eigenvalue weighted by molar-refractivity contribution is 5.83. The molecule has 1 saturated heterocycles. The normalized spacial score (nSPS) is 26.3. The molecule has 2 aliphatic rings. The topological polar surface area (TPSA) is 90.3 Å². The largest absolute Gasteiger partial charge is 0.480 e. The van der Waals surface area contributed by atoms with E-state index in [1.54, 1.807) is 4.90 Å². The van der Waals surface area contributed by atoms with Crippen molar-refractivity contribution in [3.05, 3.63) is 0 Å². The summed E-state index contributed by atoms with van der Waals surface area (Å²) in [4.78, 5) is 27.1. The number of hydrogen-bond acceptors (Lipinski definition) is 4. The van der Waals surface area contributed by atoms with E-state index in [1.165, 1.54) is 12.0 Å². The van der Waals surface area contributed by atoms with Gasteiger partial charge in [0.25, 0.3) is 0 Å². The molecule has 2 fully saturated rings. The van der Waals surface area contributed by atoms with Gasteiger partial charge < -0.3 is 24.7 Å². The Morgan fingerprint density at radius 2 is 2.00 bits per heavy atom. The minimum atomic E-state index is -1.00. The summed E-state index contributed by atoms with van der Waals surface area (Å²) < 4.78 is 5.21. The Labute approximate surface area is 124 Å². The second kappa shape index (κ2) is 7.09. The first kappa shape index (κ1) is 16.0. The molecule has 1 aliphatic carbocycles. The SMILES string of the molecule is COC1CC(C(=O)O)N(C(=O)N(CCO)C2CCCC2)C1. The van der Waals surface area contributed by atoms with E-state index in [4.69, 9.17) is 4.74 Å². The van der Waals surface area contributed by atoms with Gasteiger partial charge >= 0.3 is 12.0 Å². The number of carbonyl (C=O) groups excluding carboxylic acids is 1. The maximum absolute atomic E-state index is 12.7. The zero-order chi connectivity index (χ0) is 15.4. The number of amides is 2. The maximum Gasteiger partial charge on any atom is 0.326 e. The Morgan fingerprint density at radius 1 is 1.33 bits per heavy atom. The summed E-state index contributed by atoms with van der Waals surface area (Å²) in [5.74, 6) is -1.00. The van der Waals surface area contributed by atoms with Gasteiger partial charge in [-0.25, -0.2) is 9.59 Å². The highest BCUT2D eigenvalue weighted by Crippen LogP contribution is 2.27. The van der Waals surface area contributed by atoms with Crippen LogP contribution in [0.2, 0.25) is 0 Å². The van der Waals surface area contributed by atoms with Crippen molar-refractivity contribution in [2.45, 2.75) is 50.3 Å². The van der Waals surface area contributed by atoms with E-state index in [0.29, 0.717) is 13.0 Å². The third-order valence-electron chi connectivity index (χ3n) is 4.48. The first-order chi connectivity index (χ1) is 10.1. The molecular formula is C14H24N2O5. The summed E-state index contributed by atoms with van der Waals surface area (Å²) >= 11 is 0. The van der Waals surface area contributed by atoms with Crippen molar-refractivity contribution in [3.63, 3.8) is 0 Å². The summed E-state index contributed by atoms with van der Waals surface area (Å²) in [6, 6.07) is -1.02.